The molecule has 1 atom stereocenters. The van der Waals surface area contributed by atoms with E-state index in [1.165, 1.54) is 0 Å². The highest BCUT2D eigenvalue weighted by Crippen LogP contribution is 2.11. The summed E-state index contributed by atoms with van der Waals surface area (Å²) >= 11 is 0. The van der Waals surface area contributed by atoms with Crippen molar-refractivity contribution >= 4 is 5.91 Å². The normalized spacial score (nSPS) is 24.2. The van der Waals surface area contributed by atoms with Crippen molar-refractivity contribution in [3.63, 3.8) is 0 Å². The molecule has 1 saturated heterocycles. The van der Waals surface area contributed by atoms with Crippen LogP contribution in [0.3, 0.4) is 0 Å². The molecule has 0 aromatic rings. The topological polar surface area (TPSA) is 32.3 Å². The number of nitrogens with zero attached hydrogens (tertiary/aromatic N) is 1. The number of carbonyl (C=O) groups excluding carboxylic acids is 1. The largest absolute Gasteiger partial charge is 0.329 e. The van der Waals surface area contributed by atoms with Crippen molar-refractivity contribution in [2.75, 3.05) is 13.2 Å². The first-order valence-corrected chi connectivity index (χ1v) is 4.67. The second-order valence-electron chi connectivity index (χ2n) is 3.74. The number of amides is 1. The van der Waals surface area contributed by atoms with E-state index in [-0.39, 0.29) is 11.9 Å². The summed E-state index contributed by atoms with van der Waals surface area (Å²) in [6, 6.07) is 0.0740. The molecule has 0 spiro atoms. The molecule has 0 bridgehead atoms. The monoisotopic (exact) mass is 170 g/mol. The molecule has 0 saturated carbocycles. The Hall–Kier alpha value is -0.570. The first kappa shape index (κ1) is 9.52. The molecule has 3 nitrogen and oxygen atoms in total. The van der Waals surface area contributed by atoms with Crippen LogP contribution in [0.25, 0.3) is 0 Å². The van der Waals surface area contributed by atoms with Gasteiger partial charge in [-0.05, 0) is 19.3 Å². The average molecular weight is 170 g/mol. The number of likely N-dealkylation sites (N-methyl/N-ethyl adjacent to an activating group) is 1. The van der Waals surface area contributed by atoms with E-state index < -0.39 is 0 Å². The van der Waals surface area contributed by atoms with Gasteiger partial charge in [-0.1, -0.05) is 13.8 Å². The van der Waals surface area contributed by atoms with E-state index in [9.17, 15) is 4.79 Å². The van der Waals surface area contributed by atoms with Gasteiger partial charge in [0, 0.05) is 6.54 Å². The van der Waals surface area contributed by atoms with Crippen LogP contribution in [0.4, 0.5) is 0 Å². The molecule has 1 aliphatic rings. The van der Waals surface area contributed by atoms with E-state index in [0.29, 0.717) is 5.92 Å². The lowest BCUT2D eigenvalue weighted by molar-refractivity contribution is -0.129. The second-order valence-corrected chi connectivity index (χ2v) is 3.74. The summed E-state index contributed by atoms with van der Waals surface area (Å²) in [7, 11) is 0. The molecular formula is C9H18N2O. The zero-order valence-corrected chi connectivity index (χ0v) is 8.13. The van der Waals surface area contributed by atoms with Crippen LogP contribution >= 0.6 is 0 Å². The Morgan fingerprint density at radius 2 is 2.33 bits per heavy atom. The summed E-state index contributed by atoms with van der Waals surface area (Å²) < 4.78 is 0. The third-order valence-electron chi connectivity index (χ3n) is 2.23. The van der Waals surface area contributed by atoms with E-state index in [1.54, 1.807) is 0 Å². The van der Waals surface area contributed by atoms with Crippen molar-refractivity contribution in [3.8, 4) is 0 Å². The lowest BCUT2D eigenvalue weighted by Crippen LogP contribution is -2.31. The van der Waals surface area contributed by atoms with Crippen LogP contribution in [0, 0.1) is 5.92 Å². The minimum Gasteiger partial charge on any atom is -0.329 e. The van der Waals surface area contributed by atoms with E-state index in [0.717, 1.165) is 19.6 Å². The molecule has 0 aliphatic carbocycles. The molecule has 70 valence electrons. The van der Waals surface area contributed by atoms with Crippen LogP contribution in [0.2, 0.25) is 0 Å². The van der Waals surface area contributed by atoms with Crippen LogP contribution in [0.5, 0.6) is 0 Å². The lowest BCUT2D eigenvalue weighted by atomic mass is 10.0. The molecule has 1 heterocycles. The number of rotatable bonds is 3. The number of nitrogens with one attached hydrogen (secondary N) is 1. The van der Waals surface area contributed by atoms with Crippen molar-refractivity contribution in [1.29, 1.82) is 0 Å². The zero-order valence-electron chi connectivity index (χ0n) is 8.13. The summed E-state index contributed by atoms with van der Waals surface area (Å²) in [6.07, 6.45) is 0.954. The van der Waals surface area contributed by atoms with Crippen LogP contribution < -0.4 is 5.32 Å². The Kier molecular flexibility index (Phi) is 3.09. The van der Waals surface area contributed by atoms with E-state index >= 15 is 0 Å². The summed E-state index contributed by atoms with van der Waals surface area (Å²) in [5.74, 6) is 0.856. The minimum atomic E-state index is 0.0740. The summed E-state index contributed by atoms with van der Waals surface area (Å²) in [6.45, 7) is 7.84. The number of hydrogen-bond donors (Lipinski definition) is 1. The van der Waals surface area contributed by atoms with Gasteiger partial charge in [-0.3, -0.25) is 10.1 Å². The van der Waals surface area contributed by atoms with Crippen molar-refractivity contribution < 1.29 is 4.79 Å². The quantitative estimate of drug-likeness (QED) is 0.680. The predicted molar refractivity (Wildman–Crippen MR) is 48.6 cm³/mol. The van der Waals surface area contributed by atoms with E-state index in [4.69, 9.17) is 0 Å². The minimum absolute atomic E-state index is 0.0740. The van der Waals surface area contributed by atoms with Gasteiger partial charge < -0.3 is 4.90 Å². The standard InChI is InChI=1S/C9H18N2O/c1-4-11-6-10-8(9(11)12)5-7(2)3/h7-8,10H,4-6H2,1-3H3. The highest BCUT2D eigenvalue weighted by atomic mass is 16.2. The van der Waals surface area contributed by atoms with Gasteiger partial charge in [-0.2, -0.15) is 0 Å². The van der Waals surface area contributed by atoms with Crippen LogP contribution in [-0.4, -0.2) is 30.1 Å². The third kappa shape index (κ3) is 1.97. The summed E-state index contributed by atoms with van der Waals surface area (Å²) in [5.41, 5.74) is 0. The first-order chi connectivity index (χ1) is 5.65. The summed E-state index contributed by atoms with van der Waals surface area (Å²) in [5, 5.41) is 3.22. The van der Waals surface area contributed by atoms with Crippen molar-refractivity contribution in [1.82, 2.24) is 10.2 Å². The average Bonchev–Trinajstić information content (AvgIpc) is 2.32. The molecule has 0 radical (unpaired) electrons. The fourth-order valence-corrected chi connectivity index (χ4v) is 1.53. The van der Waals surface area contributed by atoms with Gasteiger partial charge in [0.2, 0.25) is 5.91 Å². The Balaban J connectivity index is 2.44. The Morgan fingerprint density at radius 1 is 1.67 bits per heavy atom. The molecule has 3 heteroatoms. The van der Waals surface area contributed by atoms with Crippen LogP contribution in [0.15, 0.2) is 0 Å². The number of carbonyl (C=O) groups is 1. The molecule has 1 rings (SSSR count). The Bertz CT molecular complexity index is 168. The maximum atomic E-state index is 11.5. The molecule has 1 unspecified atom stereocenters. The van der Waals surface area contributed by atoms with Crippen molar-refractivity contribution in [2.45, 2.75) is 33.2 Å². The molecule has 0 aromatic heterocycles. The first-order valence-electron chi connectivity index (χ1n) is 4.67. The van der Waals surface area contributed by atoms with Crippen molar-refractivity contribution in [2.24, 2.45) is 5.92 Å². The maximum absolute atomic E-state index is 11.5. The highest BCUT2D eigenvalue weighted by Gasteiger charge is 2.29. The molecule has 0 aromatic carbocycles. The maximum Gasteiger partial charge on any atom is 0.240 e. The van der Waals surface area contributed by atoms with Crippen molar-refractivity contribution in [3.05, 3.63) is 0 Å². The molecule has 1 fully saturated rings. The van der Waals surface area contributed by atoms with Gasteiger partial charge in [-0.25, -0.2) is 0 Å². The fraction of sp³-hybridized carbons (Fsp3) is 0.889. The van der Waals surface area contributed by atoms with Gasteiger partial charge in [0.1, 0.15) is 0 Å². The van der Waals surface area contributed by atoms with Gasteiger partial charge in [0.25, 0.3) is 0 Å². The fourth-order valence-electron chi connectivity index (χ4n) is 1.53. The molecule has 1 amide bonds. The van der Waals surface area contributed by atoms with Gasteiger partial charge in [0.15, 0.2) is 0 Å². The molecule has 12 heavy (non-hydrogen) atoms. The Labute approximate surface area is 74.1 Å². The molecular weight excluding hydrogens is 152 g/mol. The summed E-state index contributed by atoms with van der Waals surface area (Å²) in [4.78, 5) is 13.4. The zero-order chi connectivity index (χ0) is 9.14. The number of hydrogen-bond acceptors (Lipinski definition) is 2. The highest BCUT2D eigenvalue weighted by molar-refractivity contribution is 5.83. The third-order valence-corrected chi connectivity index (χ3v) is 2.23. The van der Waals surface area contributed by atoms with E-state index in [2.05, 4.69) is 19.2 Å². The second kappa shape index (κ2) is 3.90. The SMILES string of the molecule is CCN1CNC(CC(C)C)C1=O. The van der Waals surface area contributed by atoms with Gasteiger partial charge in [-0.15, -0.1) is 0 Å². The molecule has 1 aliphatic heterocycles. The van der Waals surface area contributed by atoms with Gasteiger partial charge in [0.05, 0.1) is 12.7 Å². The lowest BCUT2D eigenvalue weighted by Gasteiger charge is -2.13. The smallest absolute Gasteiger partial charge is 0.240 e. The molecule has 1 N–H and O–H groups in total. The van der Waals surface area contributed by atoms with Crippen LogP contribution in [-0.2, 0) is 4.79 Å². The van der Waals surface area contributed by atoms with E-state index in [1.807, 2.05) is 11.8 Å². The Morgan fingerprint density at radius 3 is 2.75 bits per heavy atom. The van der Waals surface area contributed by atoms with Gasteiger partial charge >= 0.3 is 0 Å². The predicted octanol–water partition coefficient (Wildman–Crippen LogP) is 0.810. The van der Waals surface area contributed by atoms with Crippen LogP contribution in [0.1, 0.15) is 27.2 Å².